The molecule has 2 rings (SSSR count). The fourth-order valence-electron chi connectivity index (χ4n) is 2.66. The van der Waals surface area contributed by atoms with E-state index in [1.165, 1.54) is 0 Å². The summed E-state index contributed by atoms with van der Waals surface area (Å²) in [6.45, 7) is 6.13. The third-order valence-electron chi connectivity index (χ3n) is 3.77. The average Bonchev–Trinajstić information content (AvgIpc) is 2.96. The van der Waals surface area contributed by atoms with E-state index in [0.29, 0.717) is 6.54 Å². The Labute approximate surface area is 120 Å². The van der Waals surface area contributed by atoms with E-state index in [1.54, 1.807) is 0 Å². The molecule has 0 aromatic heterocycles. The minimum atomic E-state index is -0.439. The van der Waals surface area contributed by atoms with Crippen LogP contribution in [0.5, 0.6) is 5.75 Å². The minimum absolute atomic E-state index is 0.0875. The average molecular weight is 276 g/mol. The molecule has 0 radical (unpaired) electrons. The maximum Gasteiger partial charge on any atom is 0.263 e. The van der Waals surface area contributed by atoms with Crippen LogP contribution in [0.25, 0.3) is 0 Å². The lowest BCUT2D eigenvalue weighted by molar-refractivity contribution is -0.136. The van der Waals surface area contributed by atoms with Gasteiger partial charge >= 0.3 is 0 Å². The molecule has 1 aliphatic rings. The molecule has 1 amide bonds. The molecule has 1 atom stereocenters. The molecule has 0 saturated carbocycles. The molecular weight excluding hydrogens is 252 g/mol. The zero-order valence-electron chi connectivity index (χ0n) is 12.4. The highest BCUT2D eigenvalue weighted by molar-refractivity contribution is 5.81. The van der Waals surface area contributed by atoms with E-state index in [9.17, 15) is 4.79 Å². The Bertz CT molecular complexity index is 468. The molecule has 4 nitrogen and oxygen atoms in total. The van der Waals surface area contributed by atoms with Gasteiger partial charge in [-0.2, -0.15) is 0 Å². The van der Waals surface area contributed by atoms with Crippen molar-refractivity contribution in [2.75, 3.05) is 19.6 Å². The van der Waals surface area contributed by atoms with Gasteiger partial charge in [0.1, 0.15) is 5.75 Å². The fourth-order valence-corrected chi connectivity index (χ4v) is 2.66. The SMILES string of the molecule is Cc1cccc(CCN)c1OC(C)C(=O)N1CCCC1. The first-order chi connectivity index (χ1) is 9.63. The summed E-state index contributed by atoms with van der Waals surface area (Å²) in [5.74, 6) is 0.905. The number of hydrogen-bond acceptors (Lipinski definition) is 3. The van der Waals surface area contributed by atoms with Gasteiger partial charge in [0.05, 0.1) is 0 Å². The van der Waals surface area contributed by atoms with Gasteiger partial charge in [0.2, 0.25) is 0 Å². The summed E-state index contributed by atoms with van der Waals surface area (Å²) in [5, 5.41) is 0. The number of likely N-dealkylation sites (tertiary alicyclic amines) is 1. The smallest absolute Gasteiger partial charge is 0.263 e. The Morgan fingerprint density at radius 3 is 2.75 bits per heavy atom. The van der Waals surface area contributed by atoms with Crippen molar-refractivity contribution in [3.05, 3.63) is 29.3 Å². The summed E-state index contributed by atoms with van der Waals surface area (Å²) in [5.41, 5.74) is 7.77. The summed E-state index contributed by atoms with van der Waals surface area (Å²) in [4.78, 5) is 14.2. The van der Waals surface area contributed by atoms with Crippen molar-refractivity contribution in [3.63, 3.8) is 0 Å². The molecule has 20 heavy (non-hydrogen) atoms. The number of nitrogens with zero attached hydrogens (tertiary/aromatic N) is 1. The van der Waals surface area contributed by atoms with Crippen molar-refractivity contribution in [2.45, 2.75) is 39.2 Å². The third kappa shape index (κ3) is 3.31. The second-order valence-corrected chi connectivity index (χ2v) is 5.39. The number of benzene rings is 1. The van der Waals surface area contributed by atoms with Gasteiger partial charge in [0.15, 0.2) is 6.10 Å². The number of ether oxygens (including phenoxy) is 1. The van der Waals surface area contributed by atoms with Gasteiger partial charge in [-0.1, -0.05) is 18.2 Å². The monoisotopic (exact) mass is 276 g/mol. The van der Waals surface area contributed by atoms with Crippen LogP contribution in [0.4, 0.5) is 0 Å². The second-order valence-electron chi connectivity index (χ2n) is 5.39. The van der Waals surface area contributed by atoms with Crippen LogP contribution >= 0.6 is 0 Å². The second kappa shape index (κ2) is 6.75. The highest BCUT2D eigenvalue weighted by atomic mass is 16.5. The Morgan fingerprint density at radius 1 is 1.40 bits per heavy atom. The number of amides is 1. The number of nitrogens with two attached hydrogens (primary N) is 1. The Balaban J connectivity index is 2.10. The lowest BCUT2D eigenvalue weighted by Crippen LogP contribution is -2.38. The van der Waals surface area contributed by atoms with Crippen LogP contribution < -0.4 is 10.5 Å². The summed E-state index contributed by atoms with van der Waals surface area (Å²) < 4.78 is 5.96. The topological polar surface area (TPSA) is 55.6 Å². The molecule has 1 saturated heterocycles. The molecule has 1 aromatic carbocycles. The van der Waals surface area contributed by atoms with Crippen LogP contribution in [0, 0.1) is 6.92 Å². The maximum atomic E-state index is 12.3. The lowest BCUT2D eigenvalue weighted by atomic mass is 10.1. The largest absolute Gasteiger partial charge is 0.480 e. The number of rotatable bonds is 5. The highest BCUT2D eigenvalue weighted by Crippen LogP contribution is 2.25. The molecule has 1 heterocycles. The van der Waals surface area contributed by atoms with Gasteiger partial charge in [-0.15, -0.1) is 0 Å². The van der Waals surface area contributed by atoms with Gasteiger partial charge in [-0.05, 0) is 50.8 Å². The number of carbonyl (C=O) groups excluding carboxylic acids is 1. The lowest BCUT2D eigenvalue weighted by Gasteiger charge is -2.23. The van der Waals surface area contributed by atoms with E-state index in [0.717, 1.165) is 49.2 Å². The molecule has 0 aliphatic carbocycles. The zero-order chi connectivity index (χ0) is 14.5. The minimum Gasteiger partial charge on any atom is -0.480 e. The molecule has 0 bridgehead atoms. The van der Waals surface area contributed by atoms with Crippen molar-refractivity contribution < 1.29 is 9.53 Å². The Morgan fingerprint density at radius 2 is 2.10 bits per heavy atom. The summed E-state index contributed by atoms with van der Waals surface area (Å²) in [6, 6.07) is 6.02. The van der Waals surface area contributed by atoms with E-state index in [2.05, 4.69) is 0 Å². The zero-order valence-corrected chi connectivity index (χ0v) is 12.4. The van der Waals surface area contributed by atoms with Crippen molar-refractivity contribution in [2.24, 2.45) is 5.73 Å². The van der Waals surface area contributed by atoms with E-state index >= 15 is 0 Å². The number of carbonyl (C=O) groups is 1. The molecule has 1 unspecified atom stereocenters. The highest BCUT2D eigenvalue weighted by Gasteiger charge is 2.25. The van der Waals surface area contributed by atoms with E-state index in [4.69, 9.17) is 10.5 Å². The van der Waals surface area contributed by atoms with Crippen LogP contribution in [-0.4, -0.2) is 36.5 Å². The third-order valence-corrected chi connectivity index (χ3v) is 3.77. The summed E-state index contributed by atoms with van der Waals surface area (Å²) >= 11 is 0. The fraction of sp³-hybridized carbons (Fsp3) is 0.562. The first-order valence-electron chi connectivity index (χ1n) is 7.37. The molecule has 4 heteroatoms. The first kappa shape index (κ1) is 14.9. The van der Waals surface area contributed by atoms with Gasteiger partial charge in [0.25, 0.3) is 5.91 Å². The van der Waals surface area contributed by atoms with E-state index in [1.807, 2.05) is 36.9 Å². The van der Waals surface area contributed by atoms with E-state index < -0.39 is 6.10 Å². The molecule has 1 aliphatic heterocycles. The van der Waals surface area contributed by atoms with Crippen molar-refractivity contribution in [3.8, 4) is 5.75 Å². The number of aryl methyl sites for hydroxylation is 1. The summed E-state index contributed by atoms with van der Waals surface area (Å²) in [6.07, 6.45) is 2.52. The Hall–Kier alpha value is -1.55. The van der Waals surface area contributed by atoms with Crippen molar-refractivity contribution in [1.82, 2.24) is 4.90 Å². The predicted octanol–water partition coefficient (Wildman–Crippen LogP) is 1.89. The van der Waals surface area contributed by atoms with Crippen molar-refractivity contribution in [1.29, 1.82) is 0 Å². The van der Waals surface area contributed by atoms with Crippen LogP contribution in [-0.2, 0) is 11.2 Å². The predicted molar refractivity (Wildman–Crippen MR) is 79.8 cm³/mol. The van der Waals surface area contributed by atoms with Gasteiger partial charge in [-0.25, -0.2) is 0 Å². The first-order valence-corrected chi connectivity index (χ1v) is 7.37. The molecule has 1 fully saturated rings. The molecule has 0 spiro atoms. The van der Waals surface area contributed by atoms with Crippen LogP contribution in [0.2, 0.25) is 0 Å². The normalized spacial score (nSPS) is 16.2. The molecular formula is C16H24N2O2. The van der Waals surface area contributed by atoms with Crippen molar-refractivity contribution >= 4 is 5.91 Å². The standard InChI is InChI=1S/C16H24N2O2/c1-12-6-5-7-14(8-9-17)15(12)20-13(2)16(19)18-10-3-4-11-18/h5-7,13H,3-4,8-11,17H2,1-2H3. The maximum absolute atomic E-state index is 12.3. The van der Waals surface area contributed by atoms with E-state index in [-0.39, 0.29) is 5.91 Å². The molecule has 2 N–H and O–H groups in total. The molecule has 110 valence electrons. The van der Waals surface area contributed by atoms with Crippen LogP contribution in [0.3, 0.4) is 0 Å². The number of hydrogen-bond donors (Lipinski definition) is 1. The van der Waals surface area contributed by atoms with Gasteiger partial charge in [-0.3, -0.25) is 4.79 Å². The number of para-hydroxylation sites is 1. The van der Waals surface area contributed by atoms with Crippen LogP contribution in [0.1, 0.15) is 30.9 Å². The van der Waals surface area contributed by atoms with Crippen LogP contribution in [0.15, 0.2) is 18.2 Å². The van der Waals surface area contributed by atoms with Gasteiger partial charge < -0.3 is 15.4 Å². The molecule has 1 aromatic rings. The summed E-state index contributed by atoms with van der Waals surface area (Å²) in [7, 11) is 0. The Kier molecular flexibility index (Phi) is 5.01. The van der Waals surface area contributed by atoms with Gasteiger partial charge in [0, 0.05) is 13.1 Å². The quantitative estimate of drug-likeness (QED) is 0.893.